The minimum atomic E-state index is 1.09. The first kappa shape index (κ1) is 11.7. The normalized spacial score (nSPS) is 16.2. The van der Waals surface area contributed by atoms with Gasteiger partial charge in [-0.1, -0.05) is 54.1 Å². The molecule has 0 aliphatic heterocycles. The van der Waals surface area contributed by atoms with Crippen LogP contribution in [0.2, 0.25) is 0 Å². The van der Waals surface area contributed by atoms with Crippen LogP contribution in [-0.4, -0.2) is 0 Å². The van der Waals surface area contributed by atoms with Crippen molar-refractivity contribution in [1.82, 2.24) is 0 Å². The molecule has 0 bridgehead atoms. The fourth-order valence-corrected chi connectivity index (χ4v) is 3.48. The van der Waals surface area contributed by atoms with Crippen molar-refractivity contribution < 1.29 is 0 Å². The van der Waals surface area contributed by atoms with Crippen molar-refractivity contribution in [2.75, 3.05) is 0 Å². The summed E-state index contributed by atoms with van der Waals surface area (Å²) < 4.78 is 0. The third-order valence-electron chi connectivity index (χ3n) is 4.38. The molecule has 20 heavy (non-hydrogen) atoms. The lowest BCUT2D eigenvalue weighted by Gasteiger charge is -2.11. The van der Waals surface area contributed by atoms with Crippen molar-refractivity contribution in [3.05, 3.63) is 82.8 Å². The molecule has 0 N–H and O–H groups in total. The van der Waals surface area contributed by atoms with E-state index in [4.69, 9.17) is 0 Å². The largest absolute Gasteiger partial charge is 0.0686 e. The van der Waals surface area contributed by atoms with Crippen molar-refractivity contribution in [1.29, 1.82) is 0 Å². The van der Waals surface area contributed by atoms with Crippen LogP contribution in [0, 0.1) is 6.42 Å². The van der Waals surface area contributed by atoms with Crippen LogP contribution < -0.4 is 0 Å². The van der Waals surface area contributed by atoms with Crippen molar-refractivity contribution in [2.24, 2.45) is 0 Å². The summed E-state index contributed by atoms with van der Waals surface area (Å²) >= 11 is 0. The lowest BCUT2D eigenvalue weighted by molar-refractivity contribution is 1.25. The molecule has 0 atom stereocenters. The molecule has 2 aliphatic rings. The van der Waals surface area contributed by atoms with Crippen LogP contribution in [-0.2, 0) is 0 Å². The maximum atomic E-state index is 2.34. The highest BCUT2D eigenvalue weighted by Gasteiger charge is 2.23. The van der Waals surface area contributed by atoms with Gasteiger partial charge in [-0.25, -0.2) is 0 Å². The molecule has 97 valence electrons. The van der Waals surface area contributed by atoms with Gasteiger partial charge in [-0.05, 0) is 59.2 Å². The smallest absolute Gasteiger partial charge is 0.0218 e. The molecule has 0 heteroatoms. The Balaban J connectivity index is 1.89. The Bertz CT molecular complexity index is 772. The molecular formula is C20H17. The van der Waals surface area contributed by atoms with Gasteiger partial charge in [-0.2, -0.15) is 0 Å². The molecule has 0 unspecified atom stereocenters. The second kappa shape index (κ2) is 4.21. The summed E-state index contributed by atoms with van der Waals surface area (Å²) in [6.45, 7) is 4.45. The zero-order chi connectivity index (χ0) is 13.7. The molecule has 0 aromatic heterocycles. The summed E-state index contributed by atoms with van der Waals surface area (Å²) in [7, 11) is 0. The molecule has 0 fully saturated rings. The Morgan fingerprint density at radius 2 is 1.55 bits per heavy atom. The molecule has 2 aromatic rings. The second-order valence-electron chi connectivity index (χ2n) is 5.83. The summed E-state index contributed by atoms with van der Waals surface area (Å²) in [4.78, 5) is 0. The van der Waals surface area contributed by atoms with Crippen LogP contribution in [0.25, 0.3) is 16.7 Å². The fourth-order valence-electron chi connectivity index (χ4n) is 3.48. The van der Waals surface area contributed by atoms with Crippen molar-refractivity contribution in [2.45, 2.75) is 20.3 Å². The third kappa shape index (κ3) is 1.61. The highest BCUT2D eigenvalue weighted by Crippen LogP contribution is 2.44. The monoisotopic (exact) mass is 257 g/mol. The third-order valence-corrected chi connectivity index (χ3v) is 4.38. The zero-order valence-corrected chi connectivity index (χ0v) is 11.9. The van der Waals surface area contributed by atoms with E-state index in [1.54, 1.807) is 0 Å². The van der Waals surface area contributed by atoms with Crippen LogP contribution in [0.1, 0.15) is 37.0 Å². The molecule has 0 amide bonds. The Morgan fingerprint density at radius 3 is 2.35 bits per heavy atom. The van der Waals surface area contributed by atoms with Gasteiger partial charge in [0.15, 0.2) is 0 Å². The topological polar surface area (TPSA) is 0 Å². The van der Waals surface area contributed by atoms with Crippen molar-refractivity contribution in [3.63, 3.8) is 0 Å². The van der Waals surface area contributed by atoms with Gasteiger partial charge in [0.25, 0.3) is 0 Å². The molecule has 4 rings (SSSR count). The minimum absolute atomic E-state index is 1.09. The van der Waals surface area contributed by atoms with E-state index in [0.717, 1.165) is 6.42 Å². The standard InChI is InChI=1S/C20H17/c1-13-10-14(2)19(11-13)18-9-5-8-17-16-7-4-3-6-15(16)12-20(17)18/h3-10,12H,11H2,1-2H3. The minimum Gasteiger partial charge on any atom is -0.0686 e. The van der Waals surface area contributed by atoms with Gasteiger partial charge in [-0.15, -0.1) is 0 Å². The van der Waals surface area contributed by atoms with Crippen molar-refractivity contribution >= 4 is 5.57 Å². The number of rotatable bonds is 1. The molecule has 1 radical (unpaired) electrons. The van der Waals surface area contributed by atoms with E-state index in [2.05, 4.69) is 68.8 Å². The molecular weight excluding hydrogens is 240 g/mol. The maximum Gasteiger partial charge on any atom is 0.0218 e. The average molecular weight is 257 g/mol. The summed E-state index contributed by atoms with van der Waals surface area (Å²) in [6, 6.07) is 15.4. The van der Waals surface area contributed by atoms with Crippen LogP contribution in [0.15, 0.2) is 59.7 Å². The number of hydrogen-bond acceptors (Lipinski definition) is 0. The molecule has 2 aliphatic carbocycles. The van der Waals surface area contributed by atoms with Crippen LogP contribution in [0.4, 0.5) is 0 Å². The van der Waals surface area contributed by atoms with E-state index in [0.29, 0.717) is 0 Å². The van der Waals surface area contributed by atoms with E-state index in [-0.39, 0.29) is 0 Å². The number of benzene rings is 2. The number of allylic oxidation sites excluding steroid dienone is 4. The van der Waals surface area contributed by atoms with Crippen molar-refractivity contribution in [3.8, 4) is 11.1 Å². The Hall–Kier alpha value is -2.08. The quantitative estimate of drug-likeness (QED) is 0.548. The predicted molar refractivity (Wildman–Crippen MR) is 85.4 cm³/mol. The van der Waals surface area contributed by atoms with Gasteiger partial charge in [0, 0.05) is 6.42 Å². The SMILES string of the molecule is CC1=CC(C)=C(c2cccc3c2[CH]c2ccccc2-3)C1. The van der Waals surface area contributed by atoms with E-state index < -0.39 is 0 Å². The van der Waals surface area contributed by atoms with Gasteiger partial charge in [0.1, 0.15) is 0 Å². The lowest BCUT2D eigenvalue weighted by atomic mass is 9.93. The number of hydrogen-bond donors (Lipinski definition) is 0. The molecule has 0 spiro atoms. The van der Waals surface area contributed by atoms with E-state index in [9.17, 15) is 0 Å². The fraction of sp³-hybridized carbons (Fsp3) is 0.150. The summed E-state index contributed by atoms with van der Waals surface area (Å²) in [5.41, 5.74) is 11.3. The van der Waals surface area contributed by atoms with Gasteiger partial charge in [0.2, 0.25) is 0 Å². The molecule has 2 aromatic carbocycles. The molecule has 0 saturated heterocycles. The maximum absolute atomic E-state index is 2.34. The molecule has 0 nitrogen and oxygen atoms in total. The first-order valence-electron chi connectivity index (χ1n) is 7.18. The van der Waals surface area contributed by atoms with Gasteiger partial charge >= 0.3 is 0 Å². The highest BCUT2D eigenvalue weighted by atomic mass is 14.3. The average Bonchev–Trinajstić information content (AvgIpc) is 2.98. The summed E-state index contributed by atoms with van der Waals surface area (Å²) in [5.74, 6) is 0. The van der Waals surface area contributed by atoms with Gasteiger partial charge in [0.05, 0.1) is 0 Å². The lowest BCUT2D eigenvalue weighted by Crippen LogP contribution is -1.91. The van der Waals surface area contributed by atoms with Crippen LogP contribution in [0.3, 0.4) is 0 Å². The van der Waals surface area contributed by atoms with Crippen LogP contribution in [0.5, 0.6) is 0 Å². The highest BCUT2D eigenvalue weighted by molar-refractivity contribution is 5.89. The Labute approximate surface area is 120 Å². The van der Waals surface area contributed by atoms with Crippen LogP contribution >= 0.6 is 0 Å². The summed E-state index contributed by atoms with van der Waals surface area (Å²) in [5, 5.41) is 0. The van der Waals surface area contributed by atoms with E-state index in [1.165, 1.54) is 44.5 Å². The Morgan fingerprint density at radius 1 is 0.800 bits per heavy atom. The van der Waals surface area contributed by atoms with Gasteiger partial charge in [-0.3, -0.25) is 0 Å². The first-order valence-corrected chi connectivity index (χ1v) is 7.18. The molecule has 0 heterocycles. The van der Waals surface area contributed by atoms with E-state index in [1.807, 2.05) is 0 Å². The zero-order valence-electron chi connectivity index (χ0n) is 11.9. The second-order valence-corrected chi connectivity index (χ2v) is 5.83. The first-order chi connectivity index (χ1) is 9.74. The van der Waals surface area contributed by atoms with Gasteiger partial charge < -0.3 is 0 Å². The number of fused-ring (bicyclic) bond motifs is 3. The summed E-state index contributed by atoms with van der Waals surface area (Å²) in [6.07, 6.45) is 5.75. The molecule has 0 saturated carbocycles. The predicted octanol–water partition coefficient (Wildman–Crippen LogP) is 5.39. The Kier molecular flexibility index (Phi) is 2.47. The van der Waals surface area contributed by atoms with E-state index >= 15 is 0 Å².